The van der Waals surface area contributed by atoms with E-state index in [0.29, 0.717) is 6.04 Å². The second-order valence-electron chi connectivity index (χ2n) is 7.38. The number of hydrogen-bond acceptors (Lipinski definition) is 3. The molecule has 2 aromatic rings. The number of nitrogens with zero attached hydrogens (tertiary/aromatic N) is 3. The van der Waals surface area contributed by atoms with Crippen molar-refractivity contribution in [2.75, 3.05) is 20.2 Å². The molecule has 1 unspecified atom stereocenters. The summed E-state index contributed by atoms with van der Waals surface area (Å²) in [7, 11) is 1.73. The van der Waals surface area contributed by atoms with Gasteiger partial charge in [-0.25, -0.2) is 4.98 Å². The Kier molecular flexibility index (Phi) is 4.09. The molecule has 1 saturated heterocycles. The predicted molar refractivity (Wildman–Crippen MR) is 95.6 cm³/mol. The van der Waals surface area contributed by atoms with E-state index >= 15 is 0 Å². The first-order valence-corrected chi connectivity index (χ1v) is 9.05. The highest BCUT2D eigenvalue weighted by Gasteiger charge is 2.33. The number of methoxy groups -OCH3 is 1. The summed E-state index contributed by atoms with van der Waals surface area (Å²) in [5.41, 5.74) is 3.91. The van der Waals surface area contributed by atoms with Crippen LogP contribution in [0.1, 0.15) is 53.9 Å². The Morgan fingerprint density at radius 2 is 2.04 bits per heavy atom. The van der Waals surface area contributed by atoms with Gasteiger partial charge in [0.05, 0.1) is 7.11 Å². The van der Waals surface area contributed by atoms with E-state index in [9.17, 15) is 0 Å². The van der Waals surface area contributed by atoms with Crippen molar-refractivity contribution in [3.63, 3.8) is 0 Å². The Morgan fingerprint density at radius 3 is 2.75 bits per heavy atom. The molecule has 128 valence electrons. The maximum absolute atomic E-state index is 5.37. The number of rotatable bonds is 5. The molecule has 1 aromatic carbocycles. The number of benzene rings is 1. The molecule has 0 spiro atoms. The summed E-state index contributed by atoms with van der Waals surface area (Å²) in [4.78, 5) is 7.26. The van der Waals surface area contributed by atoms with Gasteiger partial charge < -0.3 is 9.30 Å². The average molecular weight is 325 g/mol. The number of imidazole rings is 1. The first-order valence-electron chi connectivity index (χ1n) is 9.05. The van der Waals surface area contributed by atoms with E-state index in [0.717, 1.165) is 31.3 Å². The molecule has 1 aliphatic carbocycles. The highest BCUT2D eigenvalue weighted by atomic mass is 16.5. The standard InChI is InChI=1S/C20H27N3O/c1-14-10-16(4-7-19(14)24-3)12-22-9-8-18(13-22)23-15(2)11-21-20(23)17-5-6-17/h4,7,10-11,17-18H,5-6,8-9,12-13H2,1-3H3. The number of ether oxygens (including phenoxy) is 1. The number of hydrogen-bond donors (Lipinski definition) is 0. The fourth-order valence-corrected chi connectivity index (χ4v) is 4.05. The second-order valence-corrected chi connectivity index (χ2v) is 7.38. The van der Waals surface area contributed by atoms with Crippen molar-refractivity contribution in [2.24, 2.45) is 0 Å². The molecule has 4 heteroatoms. The van der Waals surface area contributed by atoms with E-state index in [1.54, 1.807) is 7.11 Å². The van der Waals surface area contributed by atoms with Crippen molar-refractivity contribution < 1.29 is 4.74 Å². The van der Waals surface area contributed by atoms with E-state index in [-0.39, 0.29) is 0 Å². The van der Waals surface area contributed by atoms with Crippen LogP contribution in [-0.2, 0) is 6.54 Å². The molecule has 1 aromatic heterocycles. The van der Waals surface area contributed by atoms with Gasteiger partial charge in [-0.05, 0) is 50.3 Å². The van der Waals surface area contributed by atoms with Crippen LogP contribution in [0.5, 0.6) is 5.75 Å². The zero-order chi connectivity index (χ0) is 16.7. The summed E-state index contributed by atoms with van der Waals surface area (Å²) in [6.07, 6.45) is 5.92. The summed E-state index contributed by atoms with van der Waals surface area (Å²) in [6, 6.07) is 7.12. The molecule has 0 radical (unpaired) electrons. The van der Waals surface area contributed by atoms with E-state index in [4.69, 9.17) is 9.72 Å². The largest absolute Gasteiger partial charge is 0.496 e. The van der Waals surface area contributed by atoms with E-state index in [2.05, 4.69) is 47.7 Å². The summed E-state index contributed by atoms with van der Waals surface area (Å²) < 4.78 is 7.89. The van der Waals surface area contributed by atoms with Gasteiger partial charge in [-0.1, -0.05) is 12.1 Å². The Morgan fingerprint density at radius 1 is 1.21 bits per heavy atom. The number of aryl methyl sites for hydroxylation is 2. The van der Waals surface area contributed by atoms with Crippen molar-refractivity contribution in [3.05, 3.63) is 47.0 Å². The molecule has 0 amide bonds. The van der Waals surface area contributed by atoms with Gasteiger partial charge in [-0.3, -0.25) is 4.90 Å². The quantitative estimate of drug-likeness (QED) is 0.837. The molecular formula is C20H27N3O. The molecule has 2 heterocycles. The van der Waals surface area contributed by atoms with Crippen LogP contribution in [0.15, 0.2) is 24.4 Å². The maximum atomic E-state index is 5.37. The lowest BCUT2D eigenvalue weighted by Crippen LogP contribution is -2.22. The molecule has 24 heavy (non-hydrogen) atoms. The van der Waals surface area contributed by atoms with Crippen LogP contribution in [0.3, 0.4) is 0 Å². The minimum Gasteiger partial charge on any atom is -0.496 e. The lowest BCUT2D eigenvalue weighted by molar-refractivity contribution is 0.314. The molecule has 4 nitrogen and oxygen atoms in total. The van der Waals surface area contributed by atoms with Gasteiger partial charge in [0.25, 0.3) is 0 Å². The van der Waals surface area contributed by atoms with Crippen molar-refractivity contribution in [1.29, 1.82) is 0 Å². The van der Waals surface area contributed by atoms with Crippen molar-refractivity contribution in [1.82, 2.24) is 14.5 Å². The number of likely N-dealkylation sites (tertiary alicyclic amines) is 1. The van der Waals surface area contributed by atoms with Crippen molar-refractivity contribution in [2.45, 2.75) is 51.6 Å². The minimum absolute atomic E-state index is 0.586. The van der Waals surface area contributed by atoms with Crippen LogP contribution in [-0.4, -0.2) is 34.7 Å². The minimum atomic E-state index is 0.586. The van der Waals surface area contributed by atoms with Crippen LogP contribution in [0.4, 0.5) is 0 Å². The molecule has 1 atom stereocenters. The topological polar surface area (TPSA) is 30.3 Å². The van der Waals surface area contributed by atoms with Crippen LogP contribution in [0.25, 0.3) is 0 Å². The third-order valence-corrected chi connectivity index (χ3v) is 5.43. The van der Waals surface area contributed by atoms with Gasteiger partial charge in [-0.15, -0.1) is 0 Å². The lowest BCUT2D eigenvalue weighted by atomic mass is 10.1. The molecule has 2 fully saturated rings. The fraction of sp³-hybridized carbons (Fsp3) is 0.550. The number of aromatic nitrogens is 2. The summed E-state index contributed by atoms with van der Waals surface area (Å²) in [5, 5.41) is 0. The maximum Gasteiger partial charge on any atom is 0.121 e. The first-order chi connectivity index (χ1) is 11.7. The SMILES string of the molecule is COc1ccc(CN2CCC(n3c(C)cnc3C3CC3)C2)cc1C. The first kappa shape index (κ1) is 15.7. The van der Waals surface area contributed by atoms with Crippen molar-refractivity contribution >= 4 is 0 Å². The van der Waals surface area contributed by atoms with Crippen LogP contribution >= 0.6 is 0 Å². The van der Waals surface area contributed by atoms with Crippen LogP contribution in [0.2, 0.25) is 0 Å². The highest BCUT2D eigenvalue weighted by Crippen LogP contribution is 2.41. The van der Waals surface area contributed by atoms with Gasteiger partial charge in [-0.2, -0.15) is 0 Å². The third-order valence-electron chi connectivity index (χ3n) is 5.43. The predicted octanol–water partition coefficient (Wildman–Crippen LogP) is 3.83. The normalized spacial score (nSPS) is 21.4. The molecule has 1 saturated carbocycles. The molecule has 1 aliphatic heterocycles. The van der Waals surface area contributed by atoms with E-state index in [1.807, 2.05) is 0 Å². The zero-order valence-corrected chi connectivity index (χ0v) is 15.0. The summed E-state index contributed by atoms with van der Waals surface area (Å²) in [6.45, 7) is 7.63. The van der Waals surface area contributed by atoms with Gasteiger partial charge in [0.2, 0.25) is 0 Å². The monoisotopic (exact) mass is 325 g/mol. The van der Waals surface area contributed by atoms with Gasteiger partial charge in [0.1, 0.15) is 11.6 Å². The summed E-state index contributed by atoms with van der Waals surface area (Å²) >= 11 is 0. The Bertz CT molecular complexity index is 732. The van der Waals surface area contributed by atoms with Crippen LogP contribution in [0, 0.1) is 13.8 Å². The highest BCUT2D eigenvalue weighted by molar-refractivity contribution is 5.36. The molecule has 4 rings (SSSR count). The van der Waals surface area contributed by atoms with Crippen molar-refractivity contribution in [3.8, 4) is 5.75 Å². The molecule has 0 bridgehead atoms. The van der Waals surface area contributed by atoms with Gasteiger partial charge in [0.15, 0.2) is 0 Å². The van der Waals surface area contributed by atoms with E-state index in [1.165, 1.54) is 41.9 Å². The third kappa shape index (κ3) is 2.95. The average Bonchev–Trinajstić information content (AvgIpc) is 3.20. The smallest absolute Gasteiger partial charge is 0.121 e. The lowest BCUT2D eigenvalue weighted by Gasteiger charge is -2.20. The van der Waals surface area contributed by atoms with Gasteiger partial charge in [0, 0.05) is 43.5 Å². The molecule has 0 N–H and O–H groups in total. The van der Waals surface area contributed by atoms with Gasteiger partial charge >= 0.3 is 0 Å². The van der Waals surface area contributed by atoms with Crippen LogP contribution < -0.4 is 4.74 Å². The molecular weight excluding hydrogens is 298 g/mol. The van der Waals surface area contributed by atoms with E-state index < -0.39 is 0 Å². The fourth-order valence-electron chi connectivity index (χ4n) is 4.05. The second kappa shape index (κ2) is 6.25. The Balaban J connectivity index is 1.45. The summed E-state index contributed by atoms with van der Waals surface area (Å²) in [5.74, 6) is 3.03. The zero-order valence-electron chi connectivity index (χ0n) is 15.0. The Hall–Kier alpha value is -1.81. The Labute approximate surface area is 144 Å². The molecule has 2 aliphatic rings.